The molecule has 5 rings (SSSR count). The van der Waals surface area contributed by atoms with Crippen molar-refractivity contribution in [1.82, 2.24) is 9.88 Å². The number of likely N-dealkylation sites (tertiary alicyclic amines) is 1. The molecule has 8 nitrogen and oxygen atoms in total. The second-order valence-corrected chi connectivity index (χ2v) is 9.27. The van der Waals surface area contributed by atoms with Gasteiger partial charge in [-0.15, -0.1) is 0 Å². The molecule has 0 aliphatic carbocycles. The topological polar surface area (TPSA) is 98.2 Å². The number of rotatable bonds is 9. The largest absolute Gasteiger partial charge is 0.507 e. The number of nitrogens with zero attached hydrogens (tertiary/aromatic N) is 2. The Bertz CT molecular complexity index is 1350. The number of hydrogen-bond acceptors (Lipinski definition) is 7. The number of Topliss-reactive ketones (excluding diaryl/α,β-unsaturated/α-hetero) is 1. The van der Waals surface area contributed by atoms with Crippen molar-refractivity contribution in [3.8, 4) is 17.2 Å². The Morgan fingerprint density at radius 1 is 1.03 bits per heavy atom. The highest BCUT2D eigenvalue weighted by Crippen LogP contribution is 2.42. The lowest BCUT2D eigenvalue weighted by Crippen LogP contribution is -2.29. The zero-order valence-electron chi connectivity index (χ0n) is 21.3. The van der Waals surface area contributed by atoms with Crippen LogP contribution in [0.5, 0.6) is 17.2 Å². The lowest BCUT2D eigenvalue weighted by atomic mass is 9.95. The summed E-state index contributed by atoms with van der Waals surface area (Å²) in [7, 11) is 0. The van der Waals surface area contributed by atoms with Crippen molar-refractivity contribution >= 4 is 17.4 Å². The summed E-state index contributed by atoms with van der Waals surface area (Å²) in [4.78, 5) is 32.3. The first-order chi connectivity index (χ1) is 18.6. The van der Waals surface area contributed by atoms with Crippen molar-refractivity contribution < 1.29 is 28.9 Å². The molecule has 0 saturated carbocycles. The number of ketones is 1. The third-order valence-corrected chi connectivity index (χ3v) is 6.65. The van der Waals surface area contributed by atoms with Crippen LogP contribution in [0.3, 0.4) is 0 Å². The second kappa shape index (κ2) is 11.4. The Morgan fingerprint density at radius 2 is 1.82 bits per heavy atom. The highest BCUT2D eigenvalue weighted by Gasteiger charge is 2.46. The fourth-order valence-electron chi connectivity index (χ4n) is 4.74. The molecule has 1 aromatic heterocycles. The van der Waals surface area contributed by atoms with E-state index < -0.39 is 17.7 Å². The molecule has 0 spiro atoms. The molecule has 3 aromatic rings. The minimum absolute atomic E-state index is 0.0175. The number of carbonyl (C=O) groups excluding carboxylic acids is 2. The molecular formula is C30H30N2O6. The summed E-state index contributed by atoms with van der Waals surface area (Å²) in [6.07, 6.45) is 6.38. The first-order valence-electron chi connectivity index (χ1n) is 12.9. The first kappa shape index (κ1) is 25.3. The second-order valence-electron chi connectivity index (χ2n) is 9.27. The van der Waals surface area contributed by atoms with Crippen LogP contribution in [0.1, 0.15) is 48.9 Å². The van der Waals surface area contributed by atoms with E-state index in [-0.39, 0.29) is 17.9 Å². The van der Waals surface area contributed by atoms with Crippen LogP contribution in [0.2, 0.25) is 0 Å². The minimum Gasteiger partial charge on any atom is -0.507 e. The van der Waals surface area contributed by atoms with Crippen molar-refractivity contribution in [3.63, 3.8) is 0 Å². The predicted molar refractivity (Wildman–Crippen MR) is 141 cm³/mol. The molecular weight excluding hydrogens is 484 g/mol. The lowest BCUT2D eigenvalue weighted by molar-refractivity contribution is -0.140. The Morgan fingerprint density at radius 3 is 2.61 bits per heavy atom. The van der Waals surface area contributed by atoms with Crippen molar-refractivity contribution in [2.45, 2.75) is 38.8 Å². The molecule has 0 bridgehead atoms. The molecule has 38 heavy (non-hydrogen) atoms. The van der Waals surface area contributed by atoms with Crippen molar-refractivity contribution in [1.29, 1.82) is 0 Å². The molecule has 2 aliphatic heterocycles. The average Bonchev–Trinajstić information content (AvgIpc) is 3.20. The maximum atomic E-state index is 13.4. The fraction of sp³-hybridized carbons (Fsp3) is 0.300. The molecule has 1 unspecified atom stereocenters. The van der Waals surface area contributed by atoms with E-state index >= 15 is 0 Å². The van der Waals surface area contributed by atoms with Gasteiger partial charge in [0, 0.05) is 24.5 Å². The van der Waals surface area contributed by atoms with Gasteiger partial charge in [-0.1, -0.05) is 31.9 Å². The zero-order chi connectivity index (χ0) is 26.5. The third-order valence-electron chi connectivity index (χ3n) is 6.65. The molecule has 3 heterocycles. The molecule has 8 heteroatoms. The summed E-state index contributed by atoms with van der Waals surface area (Å²) >= 11 is 0. The molecule has 1 N–H and O–H groups in total. The summed E-state index contributed by atoms with van der Waals surface area (Å²) in [6.45, 7) is 3.71. The van der Waals surface area contributed by atoms with Crippen LogP contribution in [-0.2, 0) is 16.1 Å². The summed E-state index contributed by atoms with van der Waals surface area (Å²) in [6, 6.07) is 15.1. The van der Waals surface area contributed by atoms with Crippen LogP contribution in [0.15, 0.2) is 72.6 Å². The maximum Gasteiger partial charge on any atom is 0.295 e. The molecule has 0 radical (unpaired) electrons. The van der Waals surface area contributed by atoms with Gasteiger partial charge in [0.2, 0.25) is 0 Å². The van der Waals surface area contributed by atoms with Crippen LogP contribution in [-0.4, -0.2) is 46.5 Å². The molecule has 2 aromatic carbocycles. The highest BCUT2D eigenvalue weighted by molar-refractivity contribution is 6.46. The molecule has 1 amide bonds. The maximum absolute atomic E-state index is 13.4. The number of aromatic nitrogens is 1. The van der Waals surface area contributed by atoms with Crippen LogP contribution >= 0.6 is 0 Å². The zero-order valence-corrected chi connectivity index (χ0v) is 21.3. The predicted octanol–water partition coefficient (Wildman–Crippen LogP) is 5.04. The van der Waals surface area contributed by atoms with E-state index in [2.05, 4.69) is 11.9 Å². The van der Waals surface area contributed by atoms with Gasteiger partial charge in [0.15, 0.2) is 11.5 Å². The normalized spacial score (nSPS) is 18.0. The van der Waals surface area contributed by atoms with E-state index in [1.165, 1.54) is 4.90 Å². The summed E-state index contributed by atoms with van der Waals surface area (Å²) in [5.74, 6) is -0.00381. The van der Waals surface area contributed by atoms with Crippen molar-refractivity contribution in [2.75, 3.05) is 19.8 Å². The van der Waals surface area contributed by atoms with E-state index in [0.29, 0.717) is 48.2 Å². The molecule has 1 saturated heterocycles. The van der Waals surface area contributed by atoms with Crippen molar-refractivity contribution in [2.24, 2.45) is 0 Å². The Balaban J connectivity index is 1.56. The van der Waals surface area contributed by atoms with Gasteiger partial charge < -0.3 is 24.2 Å². The third kappa shape index (κ3) is 5.20. The number of amides is 1. The Hall–Kier alpha value is -4.33. The van der Waals surface area contributed by atoms with Gasteiger partial charge >= 0.3 is 0 Å². The number of aliphatic hydroxyl groups is 1. The summed E-state index contributed by atoms with van der Waals surface area (Å²) < 4.78 is 17.2. The van der Waals surface area contributed by atoms with Gasteiger partial charge in [0.05, 0.1) is 18.2 Å². The van der Waals surface area contributed by atoms with Crippen molar-refractivity contribution in [3.05, 3.63) is 89.3 Å². The summed E-state index contributed by atoms with van der Waals surface area (Å²) in [5.41, 5.74) is 1.88. The van der Waals surface area contributed by atoms with E-state index in [1.807, 2.05) is 24.3 Å². The van der Waals surface area contributed by atoms with E-state index in [9.17, 15) is 14.7 Å². The monoisotopic (exact) mass is 514 g/mol. The number of hydrogen-bond donors (Lipinski definition) is 1. The van der Waals surface area contributed by atoms with Gasteiger partial charge in [-0.05, 0) is 60.0 Å². The van der Waals surface area contributed by atoms with Gasteiger partial charge in [-0.2, -0.15) is 0 Å². The number of ether oxygens (including phenoxy) is 3. The minimum atomic E-state index is -0.810. The van der Waals surface area contributed by atoms with Crippen LogP contribution in [0.25, 0.3) is 5.76 Å². The number of aliphatic hydroxyl groups excluding tert-OH is 1. The number of fused-ring (bicyclic) bond motifs is 1. The number of carbonyl (C=O) groups is 2. The molecule has 196 valence electrons. The Kier molecular flexibility index (Phi) is 7.58. The smallest absolute Gasteiger partial charge is 0.295 e. The summed E-state index contributed by atoms with van der Waals surface area (Å²) in [5, 5.41) is 11.4. The van der Waals surface area contributed by atoms with Gasteiger partial charge in [-0.25, -0.2) is 0 Å². The number of pyridine rings is 1. The fourth-order valence-corrected chi connectivity index (χ4v) is 4.74. The molecule has 1 atom stereocenters. The Labute approximate surface area is 221 Å². The van der Waals surface area contributed by atoms with E-state index in [0.717, 1.165) is 24.8 Å². The number of benzene rings is 2. The van der Waals surface area contributed by atoms with E-state index in [1.54, 1.807) is 42.7 Å². The lowest BCUT2D eigenvalue weighted by Gasteiger charge is -2.26. The van der Waals surface area contributed by atoms with Gasteiger partial charge in [0.25, 0.3) is 11.7 Å². The number of unbranched alkanes of at least 4 members (excludes halogenated alkanes) is 2. The average molecular weight is 515 g/mol. The SMILES string of the molecule is CCCCCOc1cccc(C2C(=C(O)c3ccc4c(c3)OCCO4)C(=O)C(=O)N2Cc2ccncc2)c1. The van der Waals surface area contributed by atoms with Crippen LogP contribution in [0, 0.1) is 0 Å². The van der Waals surface area contributed by atoms with Crippen LogP contribution in [0.4, 0.5) is 0 Å². The van der Waals surface area contributed by atoms with E-state index in [4.69, 9.17) is 14.2 Å². The first-order valence-corrected chi connectivity index (χ1v) is 12.9. The standard InChI is InChI=1S/C30H30N2O6/c1-2-3-4-14-36-23-7-5-6-21(17-23)27-26(28(33)22-8-9-24-25(18-22)38-16-15-37-24)29(34)30(35)32(27)19-20-10-12-31-13-11-20/h5-13,17-18,27,33H,2-4,14-16,19H2,1H3. The highest BCUT2D eigenvalue weighted by atomic mass is 16.6. The molecule has 1 fully saturated rings. The molecule has 2 aliphatic rings. The van der Waals surface area contributed by atoms with Crippen LogP contribution < -0.4 is 14.2 Å². The quantitative estimate of drug-likeness (QED) is 0.185. The van der Waals surface area contributed by atoms with Gasteiger partial charge in [-0.3, -0.25) is 14.6 Å². The van der Waals surface area contributed by atoms with Gasteiger partial charge in [0.1, 0.15) is 24.7 Å².